The molecular weight excluding hydrogens is 288 g/mol. The molecule has 1 N–H and O–H groups in total. The number of rotatable bonds is 3. The second-order valence-electron chi connectivity index (χ2n) is 4.31. The lowest BCUT2D eigenvalue weighted by molar-refractivity contribution is 0.337. The average Bonchev–Trinajstić information content (AvgIpc) is 2.88. The van der Waals surface area contributed by atoms with Crippen molar-refractivity contribution in [3.63, 3.8) is 0 Å². The maximum Gasteiger partial charge on any atom is 0.312 e. The molecule has 4 nitrogen and oxygen atoms in total. The first-order valence-corrected chi connectivity index (χ1v) is 6.65. The topological polar surface area (TPSA) is 58.6 Å². The summed E-state index contributed by atoms with van der Waals surface area (Å²) in [4.78, 5) is 8.45. The van der Waals surface area contributed by atoms with Gasteiger partial charge in [-0.05, 0) is 36.4 Å². The summed E-state index contributed by atoms with van der Waals surface area (Å²) in [6, 6.07) is 16.4. The van der Waals surface area contributed by atoms with Crippen LogP contribution in [-0.2, 0) is 0 Å². The van der Waals surface area contributed by atoms with Gasteiger partial charge in [0.15, 0.2) is 5.69 Å². The molecule has 0 aliphatic heterocycles. The van der Waals surface area contributed by atoms with Crippen LogP contribution in [0.4, 0.5) is 5.69 Å². The van der Waals surface area contributed by atoms with Gasteiger partial charge in [-0.15, -0.1) is 0 Å². The normalized spacial score (nSPS) is 11.1. The maximum atomic E-state index is 9.78. The summed E-state index contributed by atoms with van der Waals surface area (Å²) in [5, 5.41) is 10.4. The third-order valence-electron chi connectivity index (χ3n) is 2.82. The van der Waals surface area contributed by atoms with Crippen LogP contribution in [0.15, 0.2) is 64.0 Å². The fourth-order valence-corrected chi connectivity index (χ4v) is 1.90. The number of nitrogens with zero attached hydrogens (tertiary/aromatic N) is 2. The van der Waals surface area contributed by atoms with Crippen LogP contribution in [0.5, 0.6) is 5.95 Å². The van der Waals surface area contributed by atoms with Gasteiger partial charge in [-0.3, -0.25) is 4.99 Å². The molecule has 1 aromatic heterocycles. The lowest BCUT2D eigenvalue weighted by atomic mass is 10.2. The quantitative estimate of drug-likeness (QED) is 0.727. The van der Waals surface area contributed by atoms with Gasteiger partial charge in [0.25, 0.3) is 0 Å². The van der Waals surface area contributed by atoms with Crippen molar-refractivity contribution in [2.45, 2.75) is 0 Å². The van der Waals surface area contributed by atoms with Crippen LogP contribution < -0.4 is 0 Å². The Morgan fingerprint density at radius 3 is 2.48 bits per heavy atom. The lowest BCUT2D eigenvalue weighted by Gasteiger charge is -1.93. The summed E-state index contributed by atoms with van der Waals surface area (Å²) >= 11 is 5.83. The number of aromatic hydroxyl groups is 1. The highest BCUT2D eigenvalue weighted by Crippen LogP contribution is 2.26. The van der Waals surface area contributed by atoms with E-state index in [1.165, 1.54) is 6.21 Å². The monoisotopic (exact) mass is 298 g/mol. The molecule has 0 aliphatic rings. The third kappa shape index (κ3) is 3.12. The minimum Gasteiger partial charge on any atom is -0.479 e. The molecule has 21 heavy (non-hydrogen) atoms. The van der Waals surface area contributed by atoms with Gasteiger partial charge in [0.2, 0.25) is 5.89 Å². The standard InChI is InChI=1S/C16H11ClN2O2/c17-12-8-6-11(7-9-12)15-19-14(16(20)21-15)10-18-13-4-2-1-3-5-13/h1-10,20H. The number of aliphatic imine (C=N–C) groups is 1. The Kier molecular flexibility index (Phi) is 3.71. The summed E-state index contributed by atoms with van der Waals surface area (Å²) in [7, 11) is 0. The Hall–Kier alpha value is -2.59. The van der Waals surface area contributed by atoms with E-state index in [2.05, 4.69) is 9.98 Å². The van der Waals surface area contributed by atoms with Crippen LogP contribution in [0.25, 0.3) is 11.5 Å². The average molecular weight is 299 g/mol. The van der Waals surface area contributed by atoms with Gasteiger partial charge in [0.05, 0.1) is 11.9 Å². The van der Waals surface area contributed by atoms with Crippen molar-refractivity contribution in [2.24, 2.45) is 4.99 Å². The summed E-state index contributed by atoms with van der Waals surface area (Å²) in [5.41, 5.74) is 1.78. The van der Waals surface area contributed by atoms with Crippen molar-refractivity contribution in [3.8, 4) is 17.4 Å². The minimum atomic E-state index is -0.264. The molecule has 0 unspecified atom stereocenters. The zero-order valence-corrected chi connectivity index (χ0v) is 11.7. The van der Waals surface area contributed by atoms with Crippen LogP contribution in [0, 0.1) is 0 Å². The van der Waals surface area contributed by atoms with Gasteiger partial charge in [-0.25, -0.2) is 4.98 Å². The van der Waals surface area contributed by atoms with Crippen molar-refractivity contribution < 1.29 is 9.52 Å². The van der Waals surface area contributed by atoms with Gasteiger partial charge >= 0.3 is 5.95 Å². The number of hydrogen-bond donors (Lipinski definition) is 1. The van der Waals surface area contributed by atoms with Gasteiger partial charge in [-0.1, -0.05) is 29.8 Å². The summed E-state index contributed by atoms with van der Waals surface area (Å²) in [5.74, 6) is 0.0540. The molecule has 3 rings (SSSR count). The van der Waals surface area contributed by atoms with Crippen LogP contribution >= 0.6 is 11.6 Å². The molecule has 5 heteroatoms. The first kappa shape index (κ1) is 13.4. The summed E-state index contributed by atoms with van der Waals surface area (Å²) in [6.07, 6.45) is 1.47. The highest BCUT2D eigenvalue weighted by molar-refractivity contribution is 6.30. The van der Waals surface area contributed by atoms with E-state index >= 15 is 0 Å². The van der Waals surface area contributed by atoms with Crippen molar-refractivity contribution in [1.29, 1.82) is 0 Å². The zero-order valence-electron chi connectivity index (χ0n) is 10.9. The molecule has 0 bridgehead atoms. The van der Waals surface area contributed by atoms with Gasteiger partial charge in [0, 0.05) is 10.6 Å². The molecule has 1 heterocycles. The van der Waals surface area contributed by atoms with Crippen LogP contribution in [0.1, 0.15) is 5.69 Å². The molecule has 0 atom stereocenters. The fraction of sp³-hybridized carbons (Fsp3) is 0. The van der Waals surface area contributed by atoms with Gasteiger partial charge < -0.3 is 9.52 Å². The predicted molar refractivity (Wildman–Crippen MR) is 82.3 cm³/mol. The minimum absolute atomic E-state index is 0.264. The van der Waals surface area contributed by atoms with E-state index in [0.29, 0.717) is 10.9 Å². The van der Waals surface area contributed by atoms with E-state index in [-0.39, 0.29) is 11.6 Å². The third-order valence-corrected chi connectivity index (χ3v) is 3.07. The molecule has 3 aromatic rings. The second kappa shape index (κ2) is 5.81. The first-order chi connectivity index (χ1) is 10.2. The first-order valence-electron chi connectivity index (χ1n) is 6.27. The Bertz CT molecular complexity index is 765. The van der Waals surface area contributed by atoms with E-state index in [1.54, 1.807) is 24.3 Å². The Labute approximate surface area is 126 Å². The number of aromatic nitrogens is 1. The SMILES string of the molecule is Oc1oc(-c2ccc(Cl)cc2)nc1C=Nc1ccccc1. The van der Waals surface area contributed by atoms with Crippen LogP contribution in [0.3, 0.4) is 0 Å². The molecule has 0 amide bonds. The summed E-state index contributed by atoms with van der Waals surface area (Å²) in [6.45, 7) is 0. The van der Waals surface area contributed by atoms with Crippen LogP contribution in [-0.4, -0.2) is 16.3 Å². The molecule has 0 radical (unpaired) electrons. The van der Waals surface area contributed by atoms with E-state index in [1.807, 2.05) is 30.3 Å². The molecule has 0 saturated carbocycles. The van der Waals surface area contributed by atoms with Crippen molar-refractivity contribution in [3.05, 3.63) is 65.3 Å². The molecular formula is C16H11ClN2O2. The molecule has 0 aliphatic carbocycles. The molecule has 0 fully saturated rings. The number of para-hydroxylation sites is 1. The van der Waals surface area contributed by atoms with E-state index in [9.17, 15) is 5.11 Å². The van der Waals surface area contributed by atoms with Gasteiger partial charge in [0.1, 0.15) is 0 Å². The smallest absolute Gasteiger partial charge is 0.312 e. The molecule has 104 valence electrons. The molecule has 0 spiro atoms. The number of halogens is 1. The van der Waals surface area contributed by atoms with Crippen molar-refractivity contribution >= 4 is 23.5 Å². The van der Waals surface area contributed by atoms with E-state index in [4.69, 9.17) is 16.0 Å². The van der Waals surface area contributed by atoms with E-state index in [0.717, 1.165) is 11.3 Å². The number of hydrogen-bond acceptors (Lipinski definition) is 4. The van der Waals surface area contributed by atoms with E-state index < -0.39 is 0 Å². The molecule has 0 saturated heterocycles. The number of benzene rings is 2. The molecule has 2 aromatic carbocycles. The highest BCUT2D eigenvalue weighted by atomic mass is 35.5. The Morgan fingerprint density at radius 2 is 1.76 bits per heavy atom. The Morgan fingerprint density at radius 1 is 1.05 bits per heavy atom. The second-order valence-corrected chi connectivity index (χ2v) is 4.75. The zero-order chi connectivity index (χ0) is 14.7. The lowest BCUT2D eigenvalue weighted by Crippen LogP contribution is -1.82. The highest BCUT2D eigenvalue weighted by Gasteiger charge is 2.12. The Balaban J connectivity index is 1.88. The van der Waals surface area contributed by atoms with Crippen molar-refractivity contribution in [1.82, 2.24) is 4.98 Å². The van der Waals surface area contributed by atoms with Gasteiger partial charge in [-0.2, -0.15) is 0 Å². The number of oxazole rings is 1. The van der Waals surface area contributed by atoms with Crippen molar-refractivity contribution in [2.75, 3.05) is 0 Å². The van der Waals surface area contributed by atoms with Crippen LogP contribution in [0.2, 0.25) is 5.02 Å². The predicted octanol–water partition coefficient (Wildman–Crippen LogP) is 4.45. The largest absolute Gasteiger partial charge is 0.479 e. The fourth-order valence-electron chi connectivity index (χ4n) is 1.77. The summed E-state index contributed by atoms with van der Waals surface area (Å²) < 4.78 is 5.24. The maximum absolute atomic E-state index is 9.78.